The van der Waals surface area contributed by atoms with Crippen LogP contribution in [0.25, 0.3) is 0 Å². The summed E-state index contributed by atoms with van der Waals surface area (Å²) in [7, 11) is -4.04. The molecule has 3 amide bonds. The number of amides is 3. The Morgan fingerprint density at radius 2 is 1.64 bits per heavy atom. The molecule has 0 aromatic heterocycles. The summed E-state index contributed by atoms with van der Waals surface area (Å²) in [5, 5.41) is 2.92. The number of sulfonamides is 1. The van der Waals surface area contributed by atoms with E-state index in [2.05, 4.69) is 5.32 Å². The standard InChI is InChI=1S/C30H33N3O5S/c1-3-17-31-29(35)26(20-23-11-5-4-6-12-23)32(21-24-13-9-10-22(2)19-24)28(34)16-18-33-30(36)25-14-7-8-15-27(25)39(33,37)38/h4-15,19,26H,3,16-18,20-21H2,1-2H3,(H,31,35)/t26-/m0/s1. The molecule has 9 heteroatoms. The molecule has 0 saturated carbocycles. The van der Waals surface area contributed by atoms with Crippen molar-refractivity contribution in [2.45, 2.75) is 50.6 Å². The van der Waals surface area contributed by atoms with Crippen LogP contribution in [0.1, 0.15) is 46.8 Å². The minimum atomic E-state index is -4.04. The van der Waals surface area contributed by atoms with Crippen molar-refractivity contribution in [2.75, 3.05) is 13.1 Å². The molecule has 0 fully saturated rings. The van der Waals surface area contributed by atoms with Crippen molar-refractivity contribution in [3.63, 3.8) is 0 Å². The lowest BCUT2D eigenvalue weighted by molar-refractivity contribution is -0.141. The third kappa shape index (κ3) is 6.37. The van der Waals surface area contributed by atoms with Crippen LogP contribution in [-0.2, 0) is 32.6 Å². The van der Waals surface area contributed by atoms with Gasteiger partial charge in [-0.25, -0.2) is 12.7 Å². The van der Waals surface area contributed by atoms with E-state index in [-0.39, 0.29) is 35.9 Å². The second-order valence-corrected chi connectivity index (χ2v) is 11.5. The Morgan fingerprint density at radius 1 is 0.949 bits per heavy atom. The van der Waals surface area contributed by atoms with Crippen LogP contribution < -0.4 is 5.32 Å². The van der Waals surface area contributed by atoms with E-state index in [4.69, 9.17) is 0 Å². The molecule has 1 aliphatic heterocycles. The summed E-state index contributed by atoms with van der Waals surface area (Å²) >= 11 is 0. The Balaban J connectivity index is 1.63. The van der Waals surface area contributed by atoms with Gasteiger partial charge in [-0.2, -0.15) is 0 Å². The van der Waals surface area contributed by atoms with E-state index < -0.39 is 27.9 Å². The average Bonchev–Trinajstić information content (AvgIpc) is 3.13. The highest BCUT2D eigenvalue weighted by molar-refractivity contribution is 7.90. The number of carbonyl (C=O) groups is 3. The SMILES string of the molecule is CCCNC(=O)[C@H](Cc1ccccc1)N(Cc1cccc(C)c1)C(=O)CCN1C(=O)c2ccccc2S1(=O)=O. The summed E-state index contributed by atoms with van der Waals surface area (Å²) in [6.45, 7) is 4.22. The first-order chi connectivity index (χ1) is 18.7. The molecule has 0 unspecified atom stereocenters. The molecule has 3 aromatic rings. The lowest BCUT2D eigenvalue weighted by Gasteiger charge is -2.32. The minimum Gasteiger partial charge on any atom is -0.354 e. The summed E-state index contributed by atoms with van der Waals surface area (Å²) in [4.78, 5) is 41.5. The Kier molecular flexibility index (Phi) is 8.81. The van der Waals surface area contributed by atoms with E-state index in [1.165, 1.54) is 17.0 Å². The van der Waals surface area contributed by atoms with Gasteiger partial charge in [0.05, 0.1) is 5.56 Å². The summed E-state index contributed by atoms with van der Waals surface area (Å²) in [5.74, 6) is -1.34. The predicted octanol–water partition coefficient (Wildman–Crippen LogP) is 3.70. The number of nitrogens with one attached hydrogen (secondary N) is 1. The van der Waals surface area contributed by atoms with Crippen LogP contribution in [0.5, 0.6) is 0 Å². The quantitative estimate of drug-likeness (QED) is 0.394. The molecule has 39 heavy (non-hydrogen) atoms. The first kappa shape index (κ1) is 28.0. The molecule has 1 atom stereocenters. The first-order valence-electron chi connectivity index (χ1n) is 13.0. The second-order valence-electron chi connectivity index (χ2n) is 9.64. The van der Waals surface area contributed by atoms with E-state index >= 15 is 0 Å². The van der Waals surface area contributed by atoms with Gasteiger partial charge in [0, 0.05) is 32.5 Å². The van der Waals surface area contributed by atoms with Gasteiger partial charge in [0.15, 0.2) is 0 Å². The molecule has 0 spiro atoms. The van der Waals surface area contributed by atoms with Crippen LogP contribution in [0, 0.1) is 6.92 Å². The number of nitrogens with zero attached hydrogens (tertiary/aromatic N) is 2. The van der Waals surface area contributed by atoms with Crippen LogP contribution in [0.2, 0.25) is 0 Å². The predicted molar refractivity (Wildman–Crippen MR) is 148 cm³/mol. The highest BCUT2D eigenvalue weighted by atomic mass is 32.2. The number of fused-ring (bicyclic) bond motifs is 1. The zero-order valence-corrected chi connectivity index (χ0v) is 23.0. The maximum atomic E-state index is 13.8. The van der Waals surface area contributed by atoms with Gasteiger partial charge in [0.1, 0.15) is 10.9 Å². The molecule has 0 aliphatic carbocycles. The van der Waals surface area contributed by atoms with Gasteiger partial charge in [-0.15, -0.1) is 0 Å². The van der Waals surface area contributed by atoms with Gasteiger partial charge in [-0.3, -0.25) is 14.4 Å². The molecule has 8 nitrogen and oxygen atoms in total. The fourth-order valence-electron chi connectivity index (χ4n) is 4.72. The Labute approximate surface area is 229 Å². The van der Waals surface area contributed by atoms with E-state index in [1.54, 1.807) is 12.1 Å². The van der Waals surface area contributed by atoms with E-state index in [0.29, 0.717) is 13.0 Å². The van der Waals surface area contributed by atoms with E-state index in [9.17, 15) is 22.8 Å². The van der Waals surface area contributed by atoms with Gasteiger partial charge in [0.25, 0.3) is 15.9 Å². The molecule has 0 radical (unpaired) electrons. The number of benzene rings is 3. The maximum absolute atomic E-state index is 13.8. The van der Waals surface area contributed by atoms with Gasteiger partial charge < -0.3 is 10.2 Å². The second kappa shape index (κ2) is 12.3. The van der Waals surface area contributed by atoms with Crippen molar-refractivity contribution in [1.29, 1.82) is 0 Å². The van der Waals surface area contributed by atoms with Crippen LogP contribution in [-0.4, -0.2) is 54.5 Å². The lowest BCUT2D eigenvalue weighted by atomic mass is 10.0. The fourth-order valence-corrected chi connectivity index (χ4v) is 6.29. The number of carbonyl (C=O) groups excluding carboxylic acids is 3. The van der Waals surface area contributed by atoms with Gasteiger partial charge >= 0.3 is 0 Å². The molecular formula is C30H33N3O5S. The molecule has 204 valence electrons. The number of hydrogen-bond acceptors (Lipinski definition) is 5. The van der Waals surface area contributed by atoms with Gasteiger partial charge in [-0.1, -0.05) is 79.2 Å². The largest absolute Gasteiger partial charge is 0.354 e. The van der Waals surface area contributed by atoms with Crippen molar-refractivity contribution in [3.8, 4) is 0 Å². The Bertz CT molecular complexity index is 1460. The summed E-state index contributed by atoms with van der Waals surface area (Å²) in [5.41, 5.74) is 2.86. The Morgan fingerprint density at radius 3 is 2.33 bits per heavy atom. The topological polar surface area (TPSA) is 104 Å². The molecule has 1 aliphatic rings. The van der Waals surface area contributed by atoms with Crippen molar-refractivity contribution in [1.82, 2.24) is 14.5 Å². The van der Waals surface area contributed by atoms with Crippen molar-refractivity contribution in [3.05, 3.63) is 101 Å². The highest BCUT2D eigenvalue weighted by Crippen LogP contribution is 2.30. The molecule has 1 N–H and O–H groups in total. The Hall–Kier alpha value is -3.98. The van der Waals surface area contributed by atoms with Crippen LogP contribution in [0.15, 0.2) is 83.8 Å². The smallest absolute Gasteiger partial charge is 0.269 e. The highest BCUT2D eigenvalue weighted by Gasteiger charge is 2.41. The zero-order chi connectivity index (χ0) is 28.0. The van der Waals surface area contributed by atoms with Gasteiger partial charge in [0.2, 0.25) is 11.8 Å². The maximum Gasteiger partial charge on any atom is 0.269 e. The third-order valence-corrected chi connectivity index (χ3v) is 8.54. The molecule has 4 rings (SSSR count). The molecule has 1 heterocycles. The average molecular weight is 548 g/mol. The van der Waals surface area contributed by atoms with Crippen molar-refractivity contribution in [2.24, 2.45) is 0 Å². The first-order valence-corrected chi connectivity index (χ1v) is 14.5. The monoisotopic (exact) mass is 547 g/mol. The number of rotatable bonds is 11. The van der Waals surface area contributed by atoms with Gasteiger partial charge in [-0.05, 0) is 36.6 Å². The summed E-state index contributed by atoms with van der Waals surface area (Å²) in [6, 6.07) is 22.3. The van der Waals surface area contributed by atoms with Crippen molar-refractivity contribution >= 4 is 27.7 Å². The molecular weight excluding hydrogens is 514 g/mol. The normalized spacial score (nSPS) is 14.5. The summed E-state index contributed by atoms with van der Waals surface area (Å²) in [6.07, 6.45) is 0.780. The lowest BCUT2D eigenvalue weighted by Crippen LogP contribution is -2.51. The zero-order valence-electron chi connectivity index (χ0n) is 22.2. The molecule has 3 aromatic carbocycles. The number of aryl methyl sites for hydroxylation is 1. The molecule has 0 bridgehead atoms. The van der Waals surface area contributed by atoms with Crippen LogP contribution in [0.4, 0.5) is 0 Å². The van der Waals surface area contributed by atoms with Crippen molar-refractivity contribution < 1.29 is 22.8 Å². The molecule has 0 saturated heterocycles. The van der Waals surface area contributed by atoms with E-state index in [1.807, 2.05) is 68.4 Å². The number of hydrogen-bond donors (Lipinski definition) is 1. The minimum absolute atomic E-state index is 0.0556. The van der Waals surface area contributed by atoms with E-state index in [0.717, 1.165) is 27.4 Å². The fraction of sp³-hybridized carbons (Fsp3) is 0.300. The third-order valence-electron chi connectivity index (χ3n) is 6.70. The van der Waals surface area contributed by atoms with Crippen LogP contribution >= 0.6 is 0 Å². The summed E-state index contributed by atoms with van der Waals surface area (Å²) < 4.78 is 26.8. The van der Waals surface area contributed by atoms with Crippen LogP contribution in [0.3, 0.4) is 0 Å².